The monoisotopic (exact) mass is 479 g/mol. The summed E-state index contributed by atoms with van der Waals surface area (Å²) in [5.74, 6) is -0.132. The number of hydrogen-bond donors (Lipinski definition) is 2. The van der Waals surface area contributed by atoms with E-state index in [1.54, 1.807) is 71.8 Å². The molecule has 1 aliphatic rings. The Morgan fingerprint density at radius 3 is 2.29 bits per heavy atom. The number of amides is 3. The average Bonchev–Trinajstić information content (AvgIpc) is 3.40. The van der Waals surface area contributed by atoms with E-state index in [2.05, 4.69) is 10.6 Å². The first-order valence-electron chi connectivity index (χ1n) is 11.2. The predicted molar refractivity (Wildman–Crippen MR) is 128 cm³/mol. The van der Waals surface area contributed by atoms with E-state index in [0.29, 0.717) is 47.8 Å². The lowest BCUT2D eigenvalue weighted by atomic mass is 9.88. The van der Waals surface area contributed by atoms with Crippen molar-refractivity contribution in [1.82, 2.24) is 15.5 Å². The van der Waals surface area contributed by atoms with Gasteiger partial charge in [0.05, 0.1) is 12.8 Å². The highest BCUT2D eigenvalue weighted by molar-refractivity contribution is 6.30. The zero-order valence-electron chi connectivity index (χ0n) is 18.6. The van der Waals surface area contributed by atoms with Crippen LogP contribution in [0.4, 0.5) is 0 Å². The van der Waals surface area contributed by atoms with E-state index >= 15 is 0 Å². The fourth-order valence-corrected chi connectivity index (χ4v) is 4.25. The molecule has 0 unspecified atom stereocenters. The second kappa shape index (κ2) is 11.0. The molecule has 4 rings (SSSR count). The van der Waals surface area contributed by atoms with E-state index in [1.165, 1.54) is 0 Å². The molecule has 3 amide bonds. The maximum atomic E-state index is 13.1. The highest BCUT2D eigenvalue weighted by atomic mass is 35.5. The quantitative estimate of drug-likeness (QED) is 0.537. The lowest BCUT2D eigenvalue weighted by Gasteiger charge is -2.35. The lowest BCUT2D eigenvalue weighted by Crippen LogP contribution is -2.53. The number of furan rings is 1. The molecule has 34 heavy (non-hydrogen) atoms. The molecule has 0 spiro atoms. The molecule has 1 aliphatic heterocycles. The summed E-state index contributed by atoms with van der Waals surface area (Å²) in [6.45, 7) is 1.22. The lowest BCUT2D eigenvalue weighted by molar-refractivity contribution is -0.124. The van der Waals surface area contributed by atoms with Crippen LogP contribution in [0.5, 0.6) is 0 Å². The van der Waals surface area contributed by atoms with Crippen LogP contribution in [0, 0.1) is 5.92 Å². The highest BCUT2D eigenvalue weighted by Crippen LogP contribution is 2.23. The number of hydrogen-bond acceptors (Lipinski definition) is 4. The molecule has 3 aromatic rings. The van der Waals surface area contributed by atoms with Crippen LogP contribution in [0.1, 0.15) is 39.3 Å². The number of likely N-dealkylation sites (tertiary alicyclic amines) is 1. The number of carbonyl (C=O) groups is 3. The van der Waals surface area contributed by atoms with Crippen LogP contribution < -0.4 is 10.6 Å². The first-order chi connectivity index (χ1) is 16.5. The Morgan fingerprint density at radius 2 is 1.65 bits per heavy atom. The summed E-state index contributed by atoms with van der Waals surface area (Å²) in [4.78, 5) is 40.6. The van der Waals surface area contributed by atoms with Gasteiger partial charge in [-0.3, -0.25) is 14.4 Å². The molecule has 176 valence electrons. The van der Waals surface area contributed by atoms with Crippen molar-refractivity contribution in [2.24, 2.45) is 5.92 Å². The van der Waals surface area contributed by atoms with Crippen LogP contribution >= 0.6 is 11.6 Å². The molecule has 1 saturated heterocycles. The fourth-order valence-electron chi connectivity index (χ4n) is 4.12. The van der Waals surface area contributed by atoms with Crippen LogP contribution in [-0.4, -0.2) is 41.8 Å². The first-order valence-corrected chi connectivity index (χ1v) is 11.6. The molecule has 1 fully saturated rings. The predicted octanol–water partition coefficient (Wildman–Crippen LogP) is 3.90. The van der Waals surface area contributed by atoms with Crippen molar-refractivity contribution < 1.29 is 18.8 Å². The minimum Gasteiger partial charge on any atom is -0.467 e. The largest absolute Gasteiger partial charge is 0.467 e. The summed E-state index contributed by atoms with van der Waals surface area (Å²) < 4.78 is 5.29. The number of nitrogens with zero attached hydrogens (tertiary/aromatic N) is 1. The van der Waals surface area contributed by atoms with Gasteiger partial charge in [-0.15, -0.1) is 0 Å². The minimum absolute atomic E-state index is 0.0674. The number of piperidine rings is 1. The Morgan fingerprint density at radius 1 is 0.941 bits per heavy atom. The molecule has 0 radical (unpaired) electrons. The second-order valence-corrected chi connectivity index (χ2v) is 8.69. The molecule has 2 aromatic carbocycles. The summed E-state index contributed by atoms with van der Waals surface area (Å²) in [5.41, 5.74) is 1.06. The highest BCUT2D eigenvalue weighted by Gasteiger charge is 2.34. The van der Waals surface area contributed by atoms with Crippen molar-refractivity contribution in [1.29, 1.82) is 0 Å². The van der Waals surface area contributed by atoms with Gasteiger partial charge in [-0.2, -0.15) is 0 Å². The standard InChI is InChI=1S/C26H26ClN3O4/c27-21-10-8-20(9-11-21)26(33)30-14-12-18(13-15-30)23(25(32)28-17-22-7-4-16-34-22)29-24(31)19-5-2-1-3-6-19/h1-11,16,18,23H,12-15,17H2,(H,28,32)(H,29,31)/t23-/m1/s1. The van der Waals surface area contributed by atoms with E-state index in [4.69, 9.17) is 16.0 Å². The van der Waals surface area contributed by atoms with E-state index in [1.807, 2.05) is 6.07 Å². The number of rotatable bonds is 7. The van der Waals surface area contributed by atoms with Gasteiger partial charge in [-0.25, -0.2) is 0 Å². The molecular weight excluding hydrogens is 454 g/mol. The third-order valence-corrected chi connectivity index (χ3v) is 6.26. The smallest absolute Gasteiger partial charge is 0.253 e. The zero-order valence-corrected chi connectivity index (χ0v) is 19.3. The zero-order chi connectivity index (χ0) is 23.9. The van der Waals surface area contributed by atoms with Crippen molar-refractivity contribution in [3.05, 3.63) is 94.9 Å². The Balaban J connectivity index is 1.42. The molecule has 7 nitrogen and oxygen atoms in total. The van der Waals surface area contributed by atoms with Gasteiger partial charge in [-0.1, -0.05) is 29.8 Å². The Kier molecular flexibility index (Phi) is 7.65. The molecule has 1 aromatic heterocycles. The van der Waals surface area contributed by atoms with Gasteiger partial charge in [-0.05, 0) is 67.3 Å². The van der Waals surface area contributed by atoms with Crippen LogP contribution in [0.2, 0.25) is 5.02 Å². The Bertz CT molecular complexity index is 1110. The summed E-state index contributed by atoms with van der Waals surface area (Å²) in [6.07, 6.45) is 2.73. The number of benzene rings is 2. The van der Waals surface area contributed by atoms with Crippen LogP contribution in [0.15, 0.2) is 77.4 Å². The van der Waals surface area contributed by atoms with E-state index < -0.39 is 6.04 Å². The number of halogens is 1. The molecule has 0 aliphatic carbocycles. The second-order valence-electron chi connectivity index (χ2n) is 8.25. The van der Waals surface area contributed by atoms with E-state index in [9.17, 15) is 14.4 Å². The summed E-state index contributed by atoms with van der Waals surface area (Å²) in [5, 5.41) is 6.36. The van der Waals surface area contributed by atoms with Crippen LogP contribution in [0.25, 0.3) is 0 Å². The normalized spacial score (nSPS) is 14.9. The van der Waals surface area contributed by atoms with Crippen molar-refractivity contribution in [2.45, 2.75) is 25.4 Å². The third kappa shape index (κ3) is 5.85. The fraction of sp³-hybridized carbons (Fsp3) is 0.269. The van der Waals surface area contributed by atoms with Crippen molar-refractivity contribution in [3.8, 4) is 0 Å². The molecule has 0 saturated carbocycles. The van der Waals surface area contributed by atoms with Gasteiger partial charge in [0, 0.05) is 29.2 Å². The van der Waals surface area contributed by atoms with Crippen LogP contribution in [0.3, 0.4) is 0 Å². The van der Waals surface area contributed by atoms with Crippen molar-refractivity contribution >= 4 is 29.3 Å². The Labute approximate surface area is 203 Å². The summed E-state index contributed by atoms with van der Waals surface area (Å²) in [7, 11) is 0. The summed E-state index contributed by atoms with van der Waals surface area (Å²) >= 11 is 5.93. The van der Waals surface area contributed by atoms with Gasteiger partial charge in [0.15, 0.2) is 0 Å². The average molecular weight is 480 g/mol. The maximum absolute atomic E-state index is 13.1. The summed E-state index contributed by atoms with van der Waals surface area (Å²) in [6, 6.07) is 18.4. The first kappa shape index (κ1) is 23.6. The number of carbonyl (C=O) groups excluding carboxylic acids is 3. The van der Waals surface area contributed by atoms with Gasteiger partial charge >= 0.3 is 0 Å². The van der Waals surface area contributed by atoms with Gasteiger partial charge < -0.3 is 20.0 Å². The Hall–Kier alpha value is -3.58. The topological polar surface area (TPSA) is 91.7 Å². The number of nitrogens with one attached hydrogen (secondary N) is 2. The molecule has 2 heterocycles. The molecule has 8 heteroatoms. The van der Waals surface area contributed by atoms with E-state index in [-0.39, 0.29) is 30.2 Å². The minimum atomic E-state index is -0.726. The van der Waals surface area contributed by atoms with Gasteiger partial charge in [0.1, 0.15) is 11.8 Å². The molecule has 1 atom stereocenters. The van der Waals surface area contributed by atoms with Crippen molar-refractivity contribution in [2.75, 3.05) is 13.1 Å². The molecular formula is C26H26ClN3O4. The van der Waals surface area contributed by atoms with E-state index in [0.717, 1.165) is 0 Å². The molecule has 2 N–H and O–H groups in total. The third-order valence-electron chi connectivity index (χ3n) is 6.01. The molecule has 0 bridgehead atoms. The SMILES string of the molecule is O=C(N[C@@H](C(=O)NCc1ccco1)C1CCN(C(=O)c2ccc(Cl)cc2)CC1)c1ccccc1. The van der Waals surface area contributed by atoms with Crippen molar-refractivity contribution in [3.63, 3.8) is 0 Å². The van der Waals surface area contributed by atoms with Gasteiger partial charge in [0.2, 0.25) is 5.91 Å². The maximum Gasteiger partial charge on any atom is 0.253 e. The van der Waals surface area contributed by atoms with Gasteiger partial charge in [0.25, 0.3) is 11.8 Å². The van der Waals surface area contributed by atoms with Crippen LogP contribution in [-0.2, 0) is 11.3 Å².